The van der Waals surface area contributed by atoms with Crippen LogP contribution in [0, 0.1) is 6.92 Å². The number of nitrogens with one attached hydrogen (secondary N) is 1. The number of nitrogens with zero attached hydrogens (tertiary/aromatic N) is 1. The summed E-state index contributed by atoms with van der Waals surface area (Å²) < 4.78 is 5.03. The quantitative estimate of drug-likeness (QED) is 0.615. The van der Waals surface area contributed by atoms with Crippen molar-refractivity contribution in [3.63, 3.8) is 0 Å². The molecule has 0 spiro atoms. The molecule has 1 aliphatic rings. The first-order valence-electron chi connectivity index (χ1n) is 8.55. The average Bonchev–Trinajstić information content (AvgIpc) is 3.02. The Balaban J connectivity index is 1.63. The monoisotopic (exact) mass is 400 g/mol. The summed E-state index contributed by atoms with van der Waals surface area (Å²) in [6.45, 7) is 1.27. The normalized spacial score (nSPS) is 13.6. The van der Waals surface area contributed by atoms with Gasteiger partial charge in [0.1, 0.15) is 0 Å². The molecule has 2 aromatic carbocycles. The van der Waals surface area contributed by atoms with E-state index in [0.717, 1.165) is 4.90 Å². The minimum Gasteiger partial charge on any atom is -0.452 e. The number of anilines is 2. The number of rotatable bonds is 5. The van der Waals surface area contributed by atoms with Crippen LogP contribution in [0.15, 0.2) is 42.5 Å². The number of carbonyl (C=O) groups excluding carboxylic acids is 4. The molecular formula is C20H17ClN2O5. The first-order valence-corrected chi connectivity index (χ1v) is 8.92. The van der Waals surface area contributed by atoms with Gasteiger partial charge >= 0.3 is 5.97 Å². The molecule has 3 amide bonds. The highest BCUT2D eigenvalue weighted by Gasteiger charge is 2.30. The van der Waals surface area contributed by atoms with Gasteiger partial charge in [-0.15, -0.1) is 0 Å². The number of hydrogen-bond donors (Lipinski definition) is 1. The van der Waals surface area contributed by atoms with E-state index in [1.165, 1.54) is 12.1 Å². The Morgan fingerprint density at radius 1 is 1.11 bits per heavy atom. The maximum absolute atomic E-state index is 12.2. The van der Waals surface area contributed by atoms with Gasteiger partial charge in [-0.25, -0.2) is 4.79 Å². The van der Waals surface area contributed by atoms with Crippen LogP contribution in [0.2, 0.25) is 5.02 Å². The number of halogens is 1. The molecule has 0 atom stereocenters. The summed E-state index contributed by atoms with van der Waals surface area (Å²) in [4.78, 5) is 49.0. The van der Waals surface area contributed by atoms with Crippen molar-refractivity contribution in [1.82, 2.24) is 0 Å². The summed E-state index contributed by atoms with van der Waals surface area (Å²) in [5, 5.41) is 3.14. The van der Waals surface area contributed by atoms with Gasteiger partial charge in [-0.3, -0.25) is 19.3 Å². The van der Waals surface area contributed by atoms with Crippen LogP contribution in [0.4, 0.5) is 11.4 Å². The number of hydrogen-bond acceptors (Lipinski definition) is 5. The van der Waals surface area contributed by atoms with E-state index in [1.807, 2.05) is 0 Å². The lowest BCUT2D eigenvalue weighted by atomic mass is 10.2. The molecule has 1 saturated heterocycles. The highest BCUT2D eigenvalue weighted by atomic mass is 35.5. The minimum atomic E-state index is -0.737. The summed E-state index contributed by atoms with van der Waals surface area (Å²) in [7, 11) is 0. The van der Waals surface area contributed by atoms with Crippen LogP contribution < -0.4 is 10.2 Å². The Hall–Kier alpha value is -3.19. The fourth-order valence-corrected chi connectivity index (χ4v) is 2.95. The summed E-state index contributed by atoms with van der Waals surface area (Å²) in [6, 6.07) is 11.1. The van der Waals surface area contributed by atoms with Crippen LogP contribution in [0.5, 0.6) is 0 Å². The van der Waals surface area contributed by atoms with Gasteiger partial charge in [0.25, 0.3) is 5.91 Å². The lowest BCUT2D eigenvalue weighted by Gasteiger charge is -2.14. The molecule has 0 saturated carbocycles. The number of amides is 3. The summed E-state index contributed by atoms with van der Waals surface area (Å²) >= 11 is 6.01. The molecule has 0 unspecified atom stereocenters. The van der Waals surface area contributed by atoms with Crippen LogP contribution in [-0.2, 0) is 19.1 Å². The molecule has 28 heavy (non-hydrogen) atoms. The number of carbonyl (C=O) groups is 4. The van der Waals surface area contributed by atoms with E-state index in [-0.39, 0.29) is 30.2 Å². The topological polar surface area (TPSA) is 92.8 Å². The van der Waals surface area contributed by atoms with Gasteiger partial charge in [-0.1, -0.05) is 23.7 Å². The summed E-state index contributed by atoms with van der Waals surface area (Å²) in [5.41, 5.74) is 1.68. The molecule has 0 bridgehead atoms. The third kappa shape index (κ3) is 4.20. The Bertz CT molecular complexity index is 957. The Morgan fingerprint density at radius 2 is 1.79 bits per heavy atom. The van der Waals surface area contributed by atoms with Crippen molar-refractivity contribution in [1.29, 1.82) is 0 Å². The molecule has 8 heteroatoms. The van der Waals surface area contributed by atoms with Crippen LogP contribution in [0.25, 0.3) is 0 Å². The van der Waals surface area contributed by atoms with E-state index in [4.69, 9.17) is 16.3 Å². The second-order valence-electron chi connectivity index (χ2n) is 6.21. The van der Waals surface area contributed by atoms with Gasteiger partial charge in [0.15, 0.2) is 6.61 Å². The Kier molecular flexibility index (Phi) is 5.75. The number of ether oxygens (including phenoxy) is 1. The van der Waals surface area contributed by atoms with Crippen molar-refractivity contribution in [3.8, 4) is 0 Å². The van der Waals surface area contributed by atoms with Gasteiger partial charge in [0.2, 0.25) is 11.8 Å². The number of imide groups is 1. The molecule has 1 fully saturated rings. The highest BCUT2D eigenvalue weighted by Crippen LogP contribution is 2.24. The minimum absolute atomic E-state index is 0.136. The molecule has 1 heterocycles. The standard InChI is InChI=1S/C20H17ClN2O5/c1-12-15(21)6-3-7-16(12)22-17(24)11-28-20(27)13-4-2-5-14(10-13)23-18(25)8-9-19(23)26/h2-7,10H,8-9,11H2,1H3,(H,22,24). The zero-order chi connectivity index (χ0) is 20.3. The molecule has 7 nitrogen and oxygen atoms in total. The van der Waals surface area contributed by atoms with Crippen molar-refractivity contribution in [2.75, 3.05) is 16.8 Å². The molecule has 2 aromatic rings. The molecule has 144 valence electrons. The van der Waals surface area contributed by atoms with Crippen molar-refractivity contribution in [2.24, 2.45) is 0 Å². The van der Waals surface area contributed by atoms with Crippen LogP contribution >= 0.6 is 11.6 Å². The van der Waals surface area contributed by atoms with E-state index in [0.29, 0.717) is 22.0 Å². The van der Waals surface area contributed by atoms with Gasteiger partial charge in [-0.2, -0.15) is 0 Å². The van der Waals surface area contributed by atoms with Gasteiger partial charge in [-0.05, 0) is 42.8 Å². The second kappa shape index (κ2) is 8.22. The third-order valence-electron chi connectivity index (χ3n) is 4.27. The van der Waals surface area contributed by atoms with E-state index < -0.39 is 18.5 Å². The predicted octanol–water partition coefficient (Wildman–Crippen LogP) is 3.10. The van der Waals surface area contributed by atoms with Gasteiger partial charge < -0.3 is 10.1 Å². The van der Waals surface area contributed by atoms with Crippen LogP contribution in [0.1, 0.15) is 28.8 Å². The molecular weight excluding hydrogens is 384 g/mol. The van der Waals surface area contributed by atoms with Gasteiger partial charge in [0.05, 0.1) is 11.3 Å². The van der Waals surface area contributed by atoms with E-state index in [2.05, 4.69) is 5.32 Å². The number of esters is 1. The van der Waals surface area contributed by atoms with E-state index in [9.17, 15) is 19.2 Å². The van der Waals surface area contributed by atoms with Crippen LogP contribution in [0.3, 0.4) is 0 Å². The fraction of sp³-hybridized carbons (Fsp3) is 0.200. The van der Waals surface area contributed by atoms with Crippen molar-refractivity contribution in [3.05, 3.63) is 58.6 Å². The Morgan fingerprint density at radius 3 is 2.50 bits per heavy atom. The molecule has 0 radical (unpaired) electrons. The molecule has 0 aromatic heterocycles. The lowest BCUT2D eigenvalue weighted by molar-refractivity contribution is -0.121. The van der Waals surface area contributed by atoms with Crippen molar-refractivity contribution >= 4 is 46.7 Å². The summed E-state index contributed by atoms with van der Waals surface area (Å²) in [5.74, 6) is -1.88. The molecule has 1 aliphatic heterocycles. The number of benzene rings is 2. The van der Waals surface area contributed by atoms with Crippen molar-refractivity contribution in [2.45, 2.75) is 19.8 Å². The second-order valence-corrected chi connectivity index (χ2v) is 6.62. The zero-order valence-electron chi connectivity index (χ0n) is 15.0. The highest BCUT2D eigenvalue weighted by molar-refractivity contribution is 6.31. The van der Waals surface area contributed by atoms with Gasteiger partial charge in [0, 0.05) is 23.6 Å². The summed E-state index contributed by atoms with van der Waals surface area (Å²) in [6.07, 6.45) is 0.299. The smallest absolute Gasteiger partial charge is 0.338 e. The first-order chi connectivity index (χ1) is 13.4. The van der Waals surface area contributed by atoms with E-state index in [1.54, 1.807) is 37.3 Å². The fourth-order valence-electron chi connectivity index (χ4n) is 2.78. The zero-order valence-corrected chi connectivity index (χ0v) is 15.8. The maximum Gasteiger partial charge on any atom is 0.338 e. The van der Waals surface area contributed by atoms with Crippen LogP contribution in [-0.4, -0.2) is 30.3 Å². The molecule has 1 N–H and O–H groups in total. The maximum atomic E-state index is 12.2. The molecule has 0 aliphatic carbocycles. The largest absolute Gasteiger partial charge is 0.452 e. The van der Waals surface area contributed by atoms with Crippen molar-refractivity contribution < 1.29 is 23.9 Å². The third-order valence-corrected chi connectivity index (χ3v) is 4.68. The SMILES string of the molecule is Cc1c(Cl)cccc1NC(=O)COC(=O)c1cccc(N2C(=O)CCC2=O)c1. The lowest BCUT2D eigenvalue weighted by Crippen LogP contribution is -2.28. The molecule has 3 rings (SSSR count). The Labute approximate surface area is 166 Å². The first kappa shape index (κ1) is 19.6. The average molecular weight is 401 g/mol. The predicted molar refractivity (Wildman–Crippen MR) is 103 cm³/mol. The van der Waals surface area contributed by atoms with E-state index >= 15 is 0 Å².